The second kappa shape index (κ2) is 10.6. The Hall–Kier alpha value is -3.90. The Kier molecular flexibility index (Phi) is 7.17. The van der Waals surface area contributed by atoms with E-state index in [1.807, 2.05) is 41.2 Å². The Balaban J connectivity index is 1.25. The smallest absolute Gasteiger partial charge is 0.258 e. The first-order valence-corrected chi connectivity index (χ1v) is 10.8. The lowest BCUT2D eigenvalue weighted by atomic mass is 10.0. The third kappa shape index (κ3) is 6.30. The summed E-state index contributed by atoms with van der Waals surface area (Å²) in [6, 6.07) is 23.3. The molecule has 4 rings (SSSR count). The summed E-state index contributed by atoms with van der Waals surface area (Å²) in [5.41, 5.74) is 3.19. The van der Waals surface area contributed by atoms with Crippen LogP contribution in [0, 0.1) is 0 Å². The average molecular weight is 460 g/mol. The van der Waals surface area contributed by atoms with Crippen molar-refractivity contribution in [1.29, 1.82) is 0 Å². The molecular weight excluding hydrogens is 438 g/mol. The second-order valence-electron chi connectivity index (χ2n) is 7.45. The Morgan fingerprint density at radius 3 is 2.30 bits per heavy atom. The highest BCUT2D eigenvalue weighted by Gasteiger charge is 2.10. The predicted molar refractivity (Wildman–Crippen MR) is 126 cm³/mol. The van der Waals surface area contributed by atoms with Crippen molar-refractivity contribution in [3.05, 3.63) is 119 Å². The van der Waals surface area contributed by atoms with E-state index in [-0.39, 0.29) is 18.3 Å². The molecule has 0 unspecified atom stereocenters. The van der Waals surface area contributed by atoms with E-state index in [1.54, 1.807) is 54.7 Å². The van der Waals surface area contributed by atoms with Gasteiger partial charge in [-0.05, 0) is 65.7 Å². The zero-order valence-electron chi connectivity index (χ0n) is 17.8. The fourth-order valence-corrected chi connectivity index (χ4v) is 3.42. The third-order valence-electron chi connectivity index (χ3n) is 4.98. The maximum atomic E-state index is 12.5. The first-order valence-electron chi connectivity index (χ1n) is 10.4. The summed E-state index contributed by atoms with van der Waals surface area (Å²) < 4.78 is 7.40. The van der Waals surface area contributed by atoms with Gasteiger partial charge in [0, 0.05) is 35.1 Å². The summed E-state index contributed by atoms with van der Waals surface area (Å²) in [7, 11) is 0. The molecule has 6 nitrogen and oxygen atoms in total. The molecular formula is C26H22ClN3O3. The number of ether oxygens (including phenoxy) is 1. The molecule has 1 aromatic heterocycles. The van der Waals surface area contributed by atoms with E-state index in [9.17, 15) is 9.59 Å². The highest BCUT2D eigenvalue weighted by atomic mass is 35.5. The van der Waals surface area contributed by atoms with Crippen LogP contribution >= 0.6 is 11.6 Å². The fourth-order valence-electron chi connectivity index (χ4n) is 3.29. The number of ketones is 1. The number of amides is 1. The average Bonchev–Trinajstić information content (AvgIpc) is 3.35. The Bertz CT molecular complexity index is 1220. The van der Waals surface area contributed by atoms with Crippen LogP contribution < -0.4 is 10.1 Å². The summed E-state index contributed by atoms with van der Waals surface area (Å²) in [5.74, 6) is 0.179. The van der Waals surface area contributed by atoms with Gasteiger partial charge >= 0.3 is 0 Å². The molecule has 1 amide bonds. The molecule has 0 radical (unpaired) electrons. The van der Waals surface area contributed by atoms with Crippen molar-refractivity contribution in [2.24, 2.45) is 0 Å². The van der Waals surface area contributed by atoms with Crippen LogP contribution in [0.5, 0.6) is 5.75 Å². The number of carbonyl (C=O) groups excluding carboxylic acids is 2. The Morgan fingerprint density at radius 2 is 1.61 bits per heavy atom. The predicted octanol–water partition coefficient (Wildman–Crippen LogP) is 4.51. The van der Waals surface area contributed by atoms with Crippen molar-refractivity contribution in [2.45, 2.75) is 13.1 Å². The Labute approximate surface area is 196 Å². The molecule has 0 atom stereocenters. The molecule has 0 fully saturated rings. The maximum absolute atomic E-state index is 12.5. The molecule has 7 heteroatoms. The van der Waals surface area contributed by atoms with E-state index >= 15 is 0 Å². The van der Waals surface area contributed by atoms with Crippen molar-refractivity contribution in [2.75, 3.05) is 6.61 Å². The number of benzene rings is 3. The van der Waals surface area contributed by atoms with Gasteiger partial charge in [0.2, 0.25) is 0 Å². The van der Waals surface area contributed by atoms with E-state index < -0.39 is 0 Å². The normalized spacial score (nSPS) is 10.6. The van der Waals surface area contributed by atoms with Gasteiger partial charge in [-0.1, -0.05) is 35.9 Å². The fraction of sp³-hybridized carbons (Fsp3) is 0.115. The van der Waals surface area contributed by atoms with Crippen LogP contribution in [-0.2, 0) is 17.9 Å². The van der Waals surface area contributed by atoms with Gasteiger partial charge in [0.25, 0.3) is 5.91 Å². The molecule has 0 aliphatic carbocycles. The highest BCUT2D eigenvalue weighted by Crippen LogP contribution is 2.17. The standard InChI is InChI=1S/C26H22ClN3O3/c27-23-9-5-21(6-10-23)26(32)22-7-11-24(12-8-22)33-18-25(31)28-16-19-3-1-4-20(15-19)17-30-14-2-13-29-30/h1-15H,16-18H2,(H,28,31). The van der Waals surface area contributed by atoms with E-state index in [0.717, 1.165) is 11.1 Å². The van der Waals surface area contributed by atoms with Crippen molar-refractivity contribution >= 4 is 23.3 Å². The molecule has 33 heavy (non-hydrogen) atoms. The number of hydrogen-bond donors (Lipinski definition) is 1. The van der Waals surface area contributed by atoms with Gasteiger partial charge in [-0.3, -0.25) is 14.3 Å². The molecule has 0 aliphatic rings. The van der Waals surface area contributed by atoms with Crippen LogP contribution in [0.3, 0.4) is 0 Å². The number of aromatic nitrogens is 2. The number of halogens is 1. The lowest BCUT2D eigenvalue weighted by Gasteiger charge is -2.09. The topological polar surface area (TPSA) is 73.2 Å². The van der Waals surface area contributed by atoms with E-state index in [1.165, 1.54) is 0 Å². The maximum Gasteiger partial charge on any atom is 0.258 e. The first kappa shape index (κ1) is 22.3. The lowest BCUT2D eigenvalue weighted by Crippen LogP contribution is -2.28. The van der Waals surface area contributed by atoms with Gasteiger partial charge < -0.3 is 10.1 Å². The second-order valence-corrected chi connectivity index (χ2v) is 7.89. The zero-order valence-corrected chi connectivity index (χ0v) is 18.5. The van der Waals surface area contributed by atoms with Crippen LogP contribution in [0.15, 0.2) is 91.3 Å². The SMILES string of the molecule is O=C(COc1ccc(C(=O)c2ccc(Cl)cc2)cc1)NCc1cccc(Cn2cccn2)c1. The van der Waals surface area contributed by atoms with E-state index in [2.05, 4.69) is 10.4 Å². The molecule has 0 saturated heterocycles. The minimum Gasteiger partial charge on any atom is -0.484 e. The molecule has 1 N–H and O–H groups in total. The van der Waals surface area contributed by atoms with Crippen molar-refractivity contribution in [3.63, 3.8) is 0 Å². The van der Waals surface area contributed by atoms with Crippen molar-refractivity contribution in [3.8, 4) is 5.75 Å². The van der Waals surface area contributed by atoms with Crippen LogP contribution in [0.25, 0.3) is 0 Å². The van der Waals surface area contributed by atoms with Crippen LogP contribution in [0.1, 0.15) is 27.0 Å². The molecule has 0 spiro atoms. The summed E-state index contributed by atoms with van der Waals surface area (Å²) >= 11 is 5.87. The minimum absolute atomic E-state index is 0.106. The Morgan fingerprint density at radius 1 is 0.909 bits per heavy atom. The largest absolute Gasteiger partial charge is 0.484 e. The van der Waals surface area contributed by atoms with Gasteiger partial charge in [0.15, 0.2) is 12.4 Å². The van der Waals surface area contributed by atoms with E-state index in [0.29, 0.717) is 35.0 Å². The summed E-state index contributed by atoms with van der Waals surface area (Å²) in [5, 5.41) is 7.65. The molecule has 0 saturated carbocycles. The number of carbonyl (C=O) groups is 2. The van der Waals surface area contributed by atoms with Crippen molar-refractivity contribution in [1.82, 2.24) is 15.1 Å². The number of hydrogen-bond acceptors (Lipinski definition) is 4. The van der Waals surface area contributed by atoms with Gasteiger partial charge in [0.1, 0.15) is 5.75 Å². The summed E-state index contributed by atoms with van der Waals surface area (Å²) in [6.45, 7) is 0.968. The first-order chi connectivity index (χ1) is 16.1. The minimum atomic E-state index is -0.228. The molecule has 0 bridgehead atoms. The highest BCUT2D eigenvalue weighted by molar-refractivity contribution is 6.30. The lowest BCUT2D eigenvalue weighted by molar-refractivity contribution is -0.123. The van der Waals surface area contributed by atoms with Crippen LogP contribution in [-0.4, -0.2) is 28.1 Å². The molecule has 166 valence electrons. The van der Waals surface area contributed by atoms with Crippen LogP contribution in [0.4, 0.5) is 0 Å². The molecule has 3 aromatic carbocycles. The number of nitrogens with zero attached hydrogens (tertiary/aromatic N) is 2. The third-order valence-corrected chi connectivity index (χ3v) is 5.23. The number of nitrogens with one attached hydrogen (secondary N) is 1. The van der Waals surface area contributed by atoms with Crippen LogP contribution in [0.2, 0.25) is 5.02 Å². The quantitative estimate of drug-likeness (QED) is 0.374. The summed E-state index contributed by atoms with van der Waals surface area (Å²) in [4.78, 5) is 24.7. The summed E-state index contributed by atoms with van der Waals surface area (Å²) in [6.07, 6.45) is 3.65. The van der Waals surface area contributed by atoms with Gasteiger partial charge in [0.05, 0.1) is 6.54 Å². The molecule has 1 heterocycles. The van der Waals surface area contributed by atoms with E-state index in [4.69, 9.17) is 16.3 Å². The monoisotopic (exact) mass is 459 g/mol. The zero-order chi connectivity index (χ0) is 23.0. The van der Waals surface area contributed by atoms with Gasteiger partial charge in [-0.15, -0.1) is 0 Å². The molecule has 4 aromatic rings. The van der Waals surface area contributed by atoms with Gasteiger partial charge in [-0.25, -0.2) is 0 Å². The number of rotatable bonds is 9. The molecule has 0 aliphatic heterocycles. The van der Waals surface area contributed by atoms with Crippen molar-refractivity contribution < 1.29 is 14.3 Å². The van der Waals surface area contributed by atoms with Gasteiger partial charge in [-0.2, -0.15) is 5.10 Å².